The molecular weight excluding hydrogens is 402 g/mol. The number of hydrogen-bond acceptors (Lipinski definition) is 6. The minimum atomic E-state index is -0.636. The second kappa shape index (κ2) is 7.37. The molecule has 2 heterocycles. The first-order chi connectivity index (χ1) is 13.5. The van der Waals surface area contributed by atoms with E-state index in [-0.39, 0.29) is 16.3 Å². The van der Waals surface area contributed by atoms with Crippen LogP contribution in [0.5, 0.6) is 0 Å². The highest BCUT2D eigenvalue weighted by atomic mass is 35.5. The second-order valence-corrected chi connectivity index (χ2v) is 7.38. The normalized spacial score (nSPS) is 10.9. The zero-order valence-corrected chi connectivity index (χ0v) is 15.8. The molecule has 0 aliphatic heterocycles. The van der Waals surface area contributed by atoms with E-state index in [0.717, 1.165) is 27.5 Å². The topological polar surface area (TPSA) is 114 Å². The summed E-state index contributed by atoms with van der Waals surface area (Å²) in [5.74, 6) is -0.519. The van der Waals surface area contributed by atoms with E-state index >= 15 is 0 Å². The number of halogens is 1. The molecule has 0 atom stereocenters. The van der Waals surface area contributed by atoms with Crippen molar-refractivity contribution >= 4 is 50.6 Å². The molecule has 4 aromatic rings. The average Bonchev–Trinajstić information content (AvgIpc) is 3.29. The summed E-state index contributed by atoms with van der Waals surface area (Å²) in [6, 6.07) is 11.8. The first kappa shape index (κ1) is 18.1. The zero-order valence-electron chi connectivity index (χ0n) is 14.2. The van der Waals surface area contributed by atoms with Crippen molar-refractivity contribution in [1.29, 1.82) is 0 Å². The summed E-state index contributed by atoms with van der Waals surface area (Å²) in [7, 11) is 0. The number of aromatic amines is 1. The molecule has 0 saturated heterocycles. The number of carbonyl (C=O) groups is 1. The van der Waals surface area contributed by atoms with Crippen LogP contribution < -0.4 is 5.32 Å². The van der Waals surface area contributed by atoms with Crippen LogP contribution in [0.3, 0.4) is 0 Å². The van der Waals surface area contributed by atoms with Gasteiger partial charge >= 0.3 is 0 Å². The van der Waals surface area contributed by atoms with Gasteiger partial charge in [-0.15, -0.1) is 10.2 Å². The highest BCUT2D eigenvalue weighted by molar-refractivity contribution is 7.15. The van der Waals surface area contributed by atoms with Gasteiger partial charge in [0.05, 0.1) is 4.92 Å². The van der Waals surface area contributed by atoms with Gasteiger partial charge in [-0.25, -0.2) is 0 Å². The highest BCUT2D eigenvalue weighted by Crippen LogP contribution is 2.27. The summed E-state index contributed by atoms with van der Waals surface area (Å²) >= 11 is 7.02. The summed E-state index contributed by atoms with van der Waals surface area (Å²) in [6.07, 6.45) is 2.50. The van der Waals surface area contributed by atoms with E-state index in [1.54, 1.807) is 0 Å². The monoisotopic (exact) mass is 413 g/mol. The van der Waals surface area contributed by atoms with Gasteiger partial charge < -0.3 is 4.98 Å². The molecule has 8 nitrogen and oxygen atoms in total. The molecule has 28 heavy (non-hydrogen) atoms. The molecule has 2 N–H and O–H groups in total. The van der Waals surface area contributed by atoms with Crippen molar-refractivity contribution in [3.63, 3.8) is 0 Å². The number of amides is 1. The Morgan fingerprint density at radius 2 is 2.07 bits per heavy atom. The van der Waals surface area contributed by atoms with Crippen molar-refractivity contribution in [2.24, 2.45) is 0 Å². The number of aromatic nitrogens is 3. The van der Waals surface area contributed by atoms with Gasteiger partial charge in [-0.1, -0.05) is 41.1 Å². The van der Waals surface area contributed by atoms with Crippen molar-refractivity contribution in [3.8, 4) is 0 Å². The van der Waals surface area contributed by atoms with Crippen molar-refractivity contribution in [2.75, 3.05) is 5.32 Å². The van der Waals surface area contributed by atoms with Gasteiger partial charge in [0.15, 0.2) is 0 Å². The molecule has 2 aromatic heterocycles. The third kappa shape index (κ3) is 3.57. The lowest BCUT2D eigenvalue weighted by molar-refractivity contribution is -0.384. The van der Waals surface area contributed by atoms with E-state index in [1.807, 2.05) is 30.5 Å². The van der Waals surface area contributed by atoms with E-state index in [2.05, 4.69) is 20.5 Å². The van der Waals surface area contributed by atoms with E-state index in [0.29, 0.717) is 11.6 Å². The quantitative estimate of drug-likeness (QED) is 0.371. The van der Waals surface area contributed by atoms with Gasteiger partial charge in [-0.3, -0.25) is 20.2 Å². The average molecular weight is 414 g/mol. The molecule has 0 spiro atoms. The van der Waals surface area contributed by atoms with Gasteiger partial charge in [0.2, 0.25) is 5.13 Å². The molecule has 0 aliphatic rings. The maximum Gasteiger partial charge on any atom is 0.288 e. The van der Waals surface area contributed by atoms with Crippen LogP contribution in [-0.4, -0.2) is 26.0 Å². The van der Waals surface area contributed by atoms with Gasteiger partial charge in [0, 0.05) is 35.2 Å². The predicted octanol–water partition coefficient (Wildman–Crippen LogP) is 4.42. The van der Waals surface area contributed by atoms with Gasteiger partial charge in [-0.05, 0) is 23.8 Å². The van der Waals surface area contributed by atoms with Crippen molar-refractivity contribution in [3.05, 3.63) is 79.9 Å². The van der Waals surface area contributed by atoms with Crippen LogP contribution in [-0.2, 0) is 6.42 Å². The standard InChI is InChI=1S/C18H12ClN5O3S/c19-13-6-5-10(7-15(13)24(26)27)17(25)21-18-23-22-16(28-18)8-11-9-20-14-4-2-1-3-12(11)14/h1-7,9,20H,8H2,(H,21,23,25). The molecule has 0 radical (unpaired) electrons. The molecule has 4 rings (SSSR count). The maximum atomic E-state index is 12.4. The third-order valence-electron chi connectivity index (χ3n) is 4.11. The van der Waals surface area contributed by atoms with Crippen LogP contribution in [0.25, 0.3) is 10.9 Å². The zero-order chi connectivity index (χ0) is 19.7. The van der Waals surface area contributed by atoms with Crippen LogP contribution in [0.2, 0.25) is 5.02 Å². The Balaban J connectivity index is 1.50. The van der Waals surface area contributed by atoms with Gasteiger partial charge in [0.1, 0.15) is 10.0 Å². The van der Waals surface area contributed by atoms with Gasteiger partial charge in [-0.2, -0.15) is 0 Å². The van der Waals surface area contributed by atoms with E-state index < -0.39 is 10.8 Å². The number of para-hydroxylation sites is 1. The number of rotatable bonds is 5. The van der Waals surface area contributed by atoms with Crippen LogP contribution in [0.1, 0.15) is 20.9 Å². The third-order valence-corrected chi connectivity index (χ3v) is 5.27. The molecule has 1 amide bonds. The summed E-state index contributed by atoms with van der Waals surface area (Å²) in [4.78, 5) is 25.9. The lowest BCUT2D eigenvalue weighted by atomic mass is 10.1. The van der Waals surface area contributed by atoms with Crippen LogP contribution in [0.4, 0.5) is 10.8 Å². The molecule has 0 bridgehead atoms. The number of nitrogens with one attached hydrogen (secondary N) is 2. The first-order valence-corrected chi connectivity index (χ1v) is 9.33. The SMILES string of the molecule is O=C(Nc1nnc(Cc2c[nH]c3ccccc23)s1)c1ccc(Cl)c([N+](=O)[O-])c1. The number of fused-ring (bicyclic) bond motifs is 1. The number of anilines is 1. The van der Waals surface area contributed by atoms with Crippen molar-refractivity contribution in [2.45, 2.75) is 6.42 Å². The smallest absolute Gasteiger partial charge is 0.288 e. The minimum Gasteiger partial charge on any atom is -0.361 e. The largest absolute Gasteiger partial charge is 0.361 e. The summed E-state index contributed by atoms with van der Waals surface area (Å²) in [5.41, 5.74) is 1.91. The minimum absolute atomic E-state index is 0.0292. The Morgan fingerprint density at radius 3 is 2.89 bits per heavy atom. The fourth-order valence-corrected chi connectivity index (χ4v) is 3.72. The molecule has 0 unspecified atom stereocenters. The fraction of sp³-hybridized carbons (Fsp3) is 0.0556. The predicted molar refractivity (Wildman–Crippen MR) is 107 cm³/mol. The number of benzene rings is 2. The molecule has 0 aliphatic carbocycles. The number of nitro groups is 1. The van der Waals surface area contributed by atoms with E-state index in [4.69, 9.17) is 11.6 Å². The van der Waals surface area contributed by atoms with Crippen molar-refractivity contribution < 1.29 is 9.72 Å². The Bertz CT molecular complexity index is 1200. The Morgan fingerprint density at radius 1 is 1.25 bits per heavy atom. The van der Waals surface area contributed by atoms with E-state index in [1.165, 1.54) is 23.5 Å². The van der Waals surface area contributed by atoms with Crippen molar-refractivity contribution in [1.82, 2.24) is 15.2 Å². The van der Waals surface area contributed by atoms with Crippen LogP contribution >= 0.6 is 22.9 Å². The molecule has 0 fully saturated rings. The lowest BCUT2D eigenvalue weighted by Gasteiger charge is -2.02. The molecular formula is C18H12ClN5O3S. The second-order valence-electron chi connectivity index (χ2n) is 5.91. The maximum absolute atomic E-state index is 12.4. The molecule has 10 heteroatoms. The highest BCUT2D eigenvalue weighted by Gasteiger charge is 2.17. The molecule has 2 aromatic carbocycles. The molecule has 0 saturated carbocycles. The van der Waals surface area contributed by atoms with Crippen LogP contribution in [0, 0.1) is 10.1 Å². The summed E-state index contributed by atoms with van der Waals surface area (Å²) in [6.45, 7) is 0. The Hall–Kier alpha value is -3.30. The molecule has 140 valence electrons. The van der Waals surface area contributed by atoms with E-state index in [9.17, 15) is 14.9 Å². The number of H-pyrrole nitrogens is 1. The number of hydrogen-bond donors (Lipinski definition) is 2. The first-order valence-electron chi connectivity index (χ1n) is 8.14. The summed E-state index contributed by atoms with van der Waals surface area (Å²) in [5, 5.41) is 23.8. The fourth-order valence-electron chi connectivity index (χ4n) is 2.78. The number of nitrogens with zero attached hydrogens (tertiary/aromatic N) is 3. The summed E-state index contributed by atoms with van der Waals surface area (Å²) < 4.78 is 0. The van der Waals surface area contributed by atoms with Gasteiger partial charge in [0.25, 0.3) is 11.6 Å². The Kier molecular flexibility index (Phi) is 4.76. The number of nitro benzene ring substituents is 1. The van der Waals surface area contributed by atoms with Crippen LogP contribution in [0.15, 0.2) is 48.7 Å². The lowest BCUT2D eigenvalue weighted by Crippen LogP contribution is -2.12. The number of carbonyl (C=O) groups excluding carboxylic acids is 1. The Labute approximate surface area is 167 Å².